The van der Waals surface area contributed by atoms with Crippen molar-refractivity contribution in [1.29, 1.82) is 0 Å². The third-order valence-electron chi connectivity index (χ3n) is 3.75. The summed E-state index contributed by atoms with van der Waals surface area (Å²) in [5.41, 5.74) is 2.94. The number of hydrazine groups is 1. The second kappa shape index (κ2) is 7.52. The number of hydrogen-bond donors (Lipinski definition) is 1. The highest BCUT2D eigenvalue weighted by molar-refractivity contribution is 6.31. The molecule has 0 aromatic heterocycles. The van der Waals surface area contributed by atoms with E-state index in [9.17, 15) is 19.7 Å². The zero-order valence-corrected chi connectivity index (χ0v) is 14.1. The van der Waals surface area contributed by atoms with Crippen LogP contribution in [0.5, 0.6) is 5.75 Å². The van der Waals surface area contributed by atoms with E-state index in [0.29, 0.717) is 11.3 Å². The van der Waals surface area contributed by atoms with Gasteiger partial charge in [0.15, 0.2) is 5.75 Å². The standard InChI is InChI=1S/C19H15N3O5/c1-2-10-27-17-9-8-13(12-16(17)22(25)26)11-15-18(23)20-21(19(15)24)14-6-4-3-5-7-14/h2-9,11-12H,1,10H2,(H,20,23)/b15-11-. The van der Waals surface area contributed by atoms with Crippen LogP contribution >= 0.6 is 0 Å². The summed E-state index contributed by atoms with van der Waals surface area (Å²) in [6, 6.07) is 12.8. The molecule has 8 heteroatoms. The van der Waals surface area contributed by atoms with Crippen LogP contribution in [0.4, 0.5) is 11.4 Å². The summed E-state index contributed by atoms with van der Waals surface area (Å²) in [5.74, 6) is -1.05. The van der Waals surface area contributed by atoms with Gasteiger partial charge in [0, 0.05) is 6.07 Å². The highest BCUT2D eigenvalue weighted by Gasteiger charge is 2.34. The van der Waals surface area contributed by atoms with Crippen molar-refractivity contribution >= 4 is 29.3 Å². The number of hydrogen-bond acceptors (Lipinski definition) is 5. The van der Waals surface area contributed by atoms with E-state index < -0.39 is 16.7 Å². The van der Waals surface area contributed by atoms with Gasteiger partial charge in [-0.3, -0.25) is 25.1 Å². The average Bonchev–Trinajstić information content (AvgIpc) is 2.95. The Bertz CT molecular complexity index is 953. The molecular formula is C19H15N3O5. The third-order valence-corrected chi connectivity index (χ3v) is 3.75. The molecule has 0 unspecified atom stereocenters. The number of para-hydroxylation sites is 1. The number of carbonyl (C=O) groups is 2. The zero-order valence-electron chi connectivity index (χ0n) is 14.1. The number of anilines is 1. The van der Waals surface area contributed by atoms with E-state index in [2.05, 4.69) is 12.0 Å². The Balaban J connectivity index is 1.93. The van der Waals surface area contributed by atoms with Crippen LogP contribution < -0.4 is 15.2 Å². The summed E-state index contributed by atoms with van der Waals surface area (Å²) in [6.45, 7) is 3.61. The molecule has 1 saturated heterocycles. The van der Waals surface area contributed by atoms with Gasteiger partial charge < -0.3 is 4.74 Å². The fraction of sp³-hybridized carbons (Fsp3) is 0.0526. The van der Waals surface area contributed by atoms with E-state index in [1.807, 2.05) is 0 Å². The molecule has 2 amide bonds. The summed E-state index contributed by atoms with van der Waals surface area (Å²) in [4.78, 5) is 35.4. The maximum atomic E-state index is 12.6. The van der Waals surface area contributed by atoms with Gasteiger partial charge in [-0.15, -0.1) is 0 Å². The first-order valence-corrected chi connectivity index (χ1v) is 7.95. The van der Waals surface area contributed by atoms with Gasteiger partial charge in [-0.1, -0.05) is 36.9 Å². The number of benzene rings is 2. The predicted molar refractivity (Wildman–Crippen MR) is 98.8 cm³/mol. The van der Waals surface area contributed by atoms with Crippen molar-refractivity contribution in [2.24, 2.45) is 0 Å². The second-order valence-electron chi connectivity index (χ2n) is 5.56. The van der Waals surface area contributed by atoms with Gasteiger partial charge in [0.05, 0.1) is 10.6 Å². The molecule has 27 heavy (non-hydrogen) atoms. The second-order valence-corrected chi connectivity index (χ2v) is 5.56. The van der Waals surface area contributed by atoms with Gasteiger partial charge >= 0.3 is 5.69 Å². The summed E-state index contributed by atoms with van der Waals surface area (Å²) in [6.07, 6.45) is 2.78. The number of nitrogens with one attached hydrogen (secondary N) is 1. The first-order chi connectivity index (χ1) is 13.0. The van der Waals surface area contributed by atoms with E-state index in [1.165, 1.54) is 30.4 Å². The topological polar surface area (TPSA) is 102 Å². The molecule has 1 heterocycles. The van der Waals surface area contributed by atoms with Crippen molar-refractivity contribution in [3.63, 3.8) is 0 Å². The molecule has 0 aliphatic carbocycles. The van der Waals surface area contributed by atoms with Gasteiger partial charge in [0.2, 0.25) is 0 Å². The van der Waals surface area contributed by atoms with Crippen molar-refractivity contribution < 1.29 is 19.2 Å². The fourth-order valence-corrected chi connectivity index (χ4v) is 2.52. The van der Waals surface area contributed by atoms with Crippen molar-refractivity contribution in [3.05, 3.63) is 82.4 Å². The predicted octanol–water partition coefficient (Wildman–Crippen LogP) is 2.62. The molecule has 1 fully saturated rings. The Morgan fingerprint density at radius 2 is 1.93 bits per heavy atom. The van der Waals surface area contributed by atoms with Crippen molar-refractivity contribution in [2.45, 2.75) is 0 Å². The zero-order chi connectivity index (χ0) is 19.4. The molecule has 3 rings (SSSR count). The minimum absolute atomic E-state index is 0.0789. The first-order valence-electron chi connectivity index (χ1n) is 7.95. The Labute approximate surface area is 154 Å². The van der Waals surface area contributed by atoms with Crippen molar-refractivity contribution in [1.82, 2.24) is 5.43 Å². The highest BCUT2D eigenvalue weighted by Crippen LogP contribution is 2.29. The van der Waals surface area contributed by atoms with Crippen LogP contribution in [0.25, 0.3) is 6.08 Å². The molecule has 2 aromatic rings. The van der Waals surface area contributed by atoms with Crippen LogP contribution in [-0.2, 0) is 9.59 Å². The fourth-order valence-electron chi connectivity index (χ4n) is 2.52. The van der Waals surface area contributed by atoms with E-state index in [4.69, 9.17) is 4.74 Å². The Morgan fingerprint density at radius 3 is 2.59 bits per heavy atom. The Morgan fingerprint density at radius 1 is 1.19 bits per heavy atom. The Kier molecular flexibility index (Phi) is 4.98. The highest BCUT2D eigenvalue weighted by atomic mass is 16.6. The molecule has 8 nitrogen and oxygen atoms in total. The number of carbonyl (C=O) groups excluding carboxylic acids is 2. The summed E-state index contributed by atoms with van der Waals surface area (Å²) in [5, 5.41) is 12.4. The van der Waals surface area contributed by atoms with Crippen LogP contribution in [0.2, 0.25) is 0 Å². The van der Waals surface area contributed by atoms with Gasteiger partial charge in [-0.2, -0.15) is 0 Å². The smallest absolute Gasteiger partial charge is 0.311 e. The van der Waals surface area contributed by atoms with Crippen LogP contribution in [0.1, 0.15) is 5.56 Å². The lowest BCUT2D eigenvalue weighted by atomic mass is 10.1. The van der Waals surface area contributed by atoms with Gasteiger partial charge in [0.1, 0.15) is 12.2 Å². The third kappa shape index (κ3) is 3.69. The van der Waals surface area contributed by atoms with Gasteiger partial charge in [-0.25, -0.2) is 5.01 Å². The normalized spacial score (nSPS) is 15.0. The van der Waals surface area contributed by atoms with Crippen molar-refractivity contribution in [2.75, 3.05) is 11.6 Å². The van der Waals surface area contributed by atoms with Crippen molar-refractivity contribution in [3.8, 4) is 5.75 Å². The van der Waals surface area contributed by atoms with E-state index >= 15 is 0 Å². The number of nitro groups is 1. The van der Waals surface area contributed by atoms with E-state index in [-0.39, 0.29) is 23.6 Å². The number of amides is 2. The van der Waals surface area contributed by atoms with Gasteiger partial charge in [0.25, 0.3) is 11.8 Å². The van der Waals surface area contributed by atoms with Crippen LogP contribution in [-0.4, -0.2) is 23.3 Å². The minimum Gasteiger partial charge on any atom is -0.483 e. The summed E-state index contributed by atoms with van der Waals surface area (Å²) in [7, 11) is 0. The molecule has 0 radical (unpaired) electrons. The number of nitrogens with zero attached hydrogens (tertiary/aromatic N) is 2. The van der Waals surface area contributed by atoms with E-state index in [1.54, 1.807) is 30.3 Å². The molecule has 136 valence electrons. The molecule has 1 N–H and O–H groups in total. The molecule has 1 aliphatic heterocycles. The molecule has 0 saturated carbocycles. The molecular weight excluding hydrogens is 350 g/mol. The quantitative estimate of drug-likeness (QED) is 0.279. The number of ether oxygens (including phenoxy) is 1. The van der Waals surface area contributed by atoms with E-state index in [0.717, 1.165) is 5.01 Å². The van der Waals surface area contributed by atoms with Crippen LogP contribution in [0.3, 0.4) is 0 Å². The minimum atomic E-state index is -0.590. The SMILES string of the molecule is C=CCOc1ccc(/C=C2/C(=O)NN(c3ccccc3)C2=O)cc1[N+](=O)[O-]. The Hall–Kier alpha value is -3.94. The molecule has 0 bridgehead atoms. The largest absolute Gasteiger partial charge is 0.483 e. The number of nitro benzene ring substituents is 1. The lowest BCUT2D eigenvalue weighted by Crippen LogP contribution is -2.35. The average molecular weight is 365 g/mol. The maximum absolute atomic E-state index is 12.6. The lowest BCUT2D eigenvalue weighted by Gasteiger charge is -2.13. The summed E-state index contributed by atoms with van der Waals surface area (Å²) < 4.78 is 5.25. The van der Waals surface area contributed by atoms with Crippen LogP contribution in [0.15, 0.2) is 66.8 Å². The lowest BCUT2D eigenvalue weighted by molar-refractivity contribution is -0.385. The molecule has 0 spiro atoms. The van der Waals surface area contributed by atoms with Crippen LogP contribution in [0, 0.1) is 10.1 Å². The molecule has 0 atom stereocenters. The van der Waals surface area contributed by atoms with Gasteiger partial charge in [-0.05, 0) is 29.8 Å². The molecule has 1 aliphatic rings. The summed E-state index contributed by atoms with van der Waals surface area (Å²) >= 11 is 0. The monoisotopic (exact) mass is 365 g/mol. The maximum Gasteiger partial charge on any atom is 0.311 e. The first kappa shape index (κ1) is 17.9. The molecule has 2 aromatic carbocycles. The number of rotatable bonds is 6.